The smallest absolute Gasteiger partial charge is 0.256 e. The number of carbonyl (C=O) groups is 1. The standard InChI is InChI=1S/C24H29N5O5S/c1-4-34-21-8-7-17(35(31,32)29-9-11-33-12-10-29)13-20(21)26-24(30)18-14-19(16-5-6-16)25-23-22(18)15(2)27-28(23)3/h7-8,13-14,16H,4-6,9-12H2,1-3H3,(H,26,30). The van der Waals surface area contributed by atoms with E-state index in [1.165, 1.54) is 16.4 Å². The highest BCUT2D eigenvalue weighted by molar-refractivity contribution is 7.89. The van der Waals surface area contributed by atoms with Crippen LogP contribution in [0.15, 0.2) is 29.2 Å². The first-order chi connectivity index (χ1) is 16.8. The number of anilines is 1. The molecule has 1 saturated heterocycles. The number of nitrogens with zero attached hydrogens (tertiary/aromatic N) is 4. The predicted molar refractivity (Wildman–Crippen MR) is 130 cm³/mol. The first kappa shape index (κ1) is 23.7. The molecule has 0 unspecified atom stereocenters. The minimum Gasteiger partial charge on any atom is -0.492 e. The summed E-state index contributed by atoms with van der Waals surface area (Å²) < 4.78 is 40.5. The number of pyridine rings is 1. The fourth-order valence-electron chi connectivity index (χ4n) is 4.41. The van der Waals surface area contributed by atoms with Crippen molar-refractivity contribution in [3.63, 3.8) is 0 Å². The van der Waals surface area contributed by atoms with E-state index in [4.69, 9.17) is 14.5 Å². The molecule has 1 N–H and O–H groups in total. The Morgan fingerprint density at radius 1 is 1.23 bits per heavy atom. The minimum atomic E-state index is -3.74. The van der Waals surface area contributed by atoms with E-state index in [0.717, 1.165) is 18.5 Å². The van der Waals surface area contributed by atoms with Gasteiger partial charge >= 0.3 is 0 Å². The van der Waals surface area contributed by atoms with E-state index in [1.807, 2.05) is 27.0 Å². The number of sulfonamides is 1. The Labute approximate surface area is 204 Å². The molecule has 11 heteroatoms. The molecule has 0 atom stereocenters. The summed E-state index contributed by atoms with van der Waals surface area (Å²) >= 11 is 0. The van der Waals surface area contributed by atoms with Crippen LogP contribution in [-0.4, -0.2) is 66.3 Å². The number of morpholine rings is 1. The van der Waals surface area contributed by atoms with Crippen LogP contribution in [0.25, 0.3) is 11.0 Å². The first-order valence-electron chi connectivity index (χ1n) is 11.8. The molecular weight excluding hydrogens is 470 g/mol. The van der Waals surface area contributed by atoms with E-state index < -0.39 is 10.0 Å². The molecule has 35 heavy (non-hydrogen) atoms. The summed E-state index contributed by atoms with van der Waals surface area (Å²) in [6.07, 6.45) is 2.10. The topological polar surface area (TPSA) is 116 Å². The number of fused-ring (bicyclic) bond motifs is 1. The fourth-order valence-corrected chi connectivity index (χ4v) is 5.84. The second-order valence-corrected chi connectivity index (χ2v) is 10.8. The Morgan fingerprint density at radius 2 is 1.97 bits per heavy atom. The van der Waals surface area contributed by atoms with E-state index in [-0.39, 0.29) is 23.9 Å². The van der Waals surface area contributed by atoms with Crippen molar-refractivity contribution >= 4 is 32.7 Å². The Balaban J connectivity index is 1.54. The summed E-state index contributed by atoms with van der Waals surface area (Å²) in [5.74, 6) is 0.386. The lowest BCUT2D eigenvalue weighted by Crippen LogP contribution is -2.40. The van der Waals surface area contributed by atoms with Crippen molar-refractivity contribution in [3.8, 4) is 5.75 Å². The van der Waals surface area contributed by atoms with Gasteiger partial charge in [0.05, 0.1) is 47.0 Å². The van der Waals surface area contributed by atoms with Crippen LogP contribution in [0.4, 0.5) is 5.69 Å². The maximum atomic E-state index is 13.6. The number of amides is 1. The quantitative estimate of drug-likeness (QED) is 0.531. The van der Waals surface area contributed by atoms with Crippen molar-refractivity contribution in [3.05, 3.63) is 41.2 Å². The molecule has 1 saturated carbocycles. The molecular formula is C24H29N5O5S. The molecule has 5 rings (SSSR count). The van der Waals surface area contributed by atoms with Gasteiger partial charge in [-0.3, -0.25) is 9.48 Å². The van der Waals surface area contributed by atoms with Gasteiger partial charge in [0.15, 0.2) is 5.65 Å². The Bertz CT molecular complexity index is 1390. The number of hydrogen-bond acceptors (Lipinski definition) is 7. The number of hydrogen-bond donors (Lipinski definition) is 1. The molecule has 1 amide bonds. The van der Waals surface area contributed by atoms with Crippen molar-refractivity contribution in [1.82, 2.24) is 19.1 Å². The Morgan fingerprint density at radius 3 is 2.66 bits per heavy atom. The van der Waals surface area contributed by atoms with Crippen molar-refractivity contribution < 1.29 is 22.7 Å². The largest absolute Gasteiger partial charge is 0.492 e. The highest BCUT2D eigenvalue weighted by Gasteiger charge is 2.30. The molecule has 0 spiro atoms. The second kappa shape index (κ2) is 9.21. The average molecular weight is 500 g/mol. The molecule has 2 fully saturated rings. The van der Waals surface area contributed by atoms with Crippen molar-refractivity contribution in [2.24, 2.45) is 7.05 Å². The lowest BCUT2D eigenvalue weighted by molar-refractivity contribution is 0.0730. The van der Waals surface area contributed by atoms with Gasteiger partial charge in [-0.05, 0) is 51.0 Å². The fraction of sp³-hybridized carbons (Fsp3) is 0.458. The van der Waals surface area contributed by atoms with Gasteiger partial charge in [0.25, 0.3) is 5.91 Å². The maximum Gasteiger partial charge on any atom is 0.256 e. The normalized spacial score (nSPS) is 17.0. The van der Waals surface area contributed by atoms with Gasteiger partial charge in [0.2, 0.25) is 10.0 Å². The zero-order chi connectivity index (χ0) is 24.7. The van der Waals surface area contributed by atoms with Crippen LogP contribution in [0.3, 0.4) is 0 Å². The van der Waals surface area contributed by atoms with E-state index >= 15 is 0 Å². The second-order valence-electron chi connectivity index (χ2n) is 8.84. The van der Waals surface area contributed by atoms with Crippen LogP contribution in [0.2, 0.25) is 0 Å². The lowest BCUT2D eigenvalue weighted by atomic mass is 10.1. The van der Waals surface area contributed by atoms with Gasteiger partial charge in [-0.1, -0.05) is 0 Å². The first-order valence-corrected chi connectivity index (χ1v) is 13.2. The number of benzene rings is 1. The van der Waals surface area contributed by atoms with Crippen LogP contribution in [0.5, 0.6) is 5.75 Å². The van der Waals surface area contributed by atoms with E-state index in [9.17, 15) is 13.2 Å². The van der Waals surface area contributed by atoms with Crippen LogP contribution >= 0.6 is 0 Å². The van der Waals surface area contributed by atoms with Gasteiger partial charge < -0.3 is 14.8 Å². The van der Waals surface area contributed by atoms with Gasteiger partial charge in [0.1, 0.15) is 5.75 Å². The summed E-state index contributed by atoms with van der Waals surface area (Å²) in [7, 11) is -1.93. The SMILES string of the molecule is CCOc1ccc(S(=O)(=O)N2CCOCC2)cc1NC(=O)c1cc(C2CC2)nc2c1c(C)nn2C. The number of nitrogens with one attached hydrogen (secondary N) is 1. The van der Waals surface area contributed by atoms with Crippen molar-refractivity contribution in [2.45, 2.75) is 37.5 Å². The Hall–Kier alpha value is -3.02. The van der Waals surface area contributed by atoms with E-state index in [2.05, 4.69) is 10.4 Å². The Kier molecular flexibility index (Phi) is 6.24. The monoisotopic (exact) mass is 499 g/mol. The van der Waals surface area contributed by atoms with Gasteiger partial charge in [-0.2, -0.15) is 9.40 Å². The molecule has 1 aliphatic carbocycles. The van der Waals surface area contributed by atoms with Crippen LogP contribution < -0.4 is 10.1 Å². The molecule has 10 nitrogen and oxygen atoms in total. The summed E-state index contributed by atoms with van der Waals surface area (Å²) in [4.78, 5) is 18.4. The van der Waals surface area contributed by atoms with Gasteiger partial charge in [-0.15, -0.1) is 0 Å². The molecule has 3 aromatic rings. The highest BCUT2D eigenvalue weighted by atomic mass is 32.2. The van der Waals surface area contributed by atoms with Gasteiger partial charge in [-0.25, -0.2) is 13.4 Å². The summed E-state index contributed by atoms with van der Waals surface area (Å²) in [5.41, 5.74) is 3.00. The number of carbonyl (C=O) groups excluding carboxylic acids is 1. The molecule has 1 aliphatic heterocycles. The highest BCUT2D eigenvalue weighted by Crippen LogP contribution is 2.40. The lowest BCUT2D eigenvalue weighted by Gasteiger charge is -2.26. The van der Waals surface area contributed by atoms with Crippen LogP contribution in [-0.2, 0) is 21.8 Å². The number of aryl methyl sites for hydroxylation is 2. The summed E-state index contributed by atoms with van der Waals surface area (Å²) in [6, 6.07) is 6.38. The molecule has 3 heterocycles. The van der Waals surface area contributed by atoms with Gasteiger partial charge in [0, 0.05) is 31.7 Å². The molecule has 0 bridgehead atoms. The predicted octanol–water partition coefficient (Wildman–Crippen LogP) is 2.83. The average Bonchev–Trinajstić information content (AvgIpc) is 3.66. The van der Waals surface area contributed by atoms with Crippen LogP contribution in [0.1, 0.15) is 47.4 Å². The molecule has 1 aromatic carbocycles. The van der Waals surface area contributed by atoms with Crippen LogP contribution in [0, 0.1) is 6.92 Å². The third-order valence-corrected chi connectivity index (χ3v) is 8.23. The van der Waals surface area contributed by atoms with Crippen molar-refractivity contribution in [1.29, 1.82) is 0 Å². The van der Waals surface area contributed by atoms with E-state index in [0.29, 0.717) is 59.5 Å². The molecule has 2 aliphatic rings. The maximum absolute atomic E-state index is 13.6. The minimum absolute atomic E-state index is 0.0919. The zero-order valence-electron chi connectivity index (χ0n) is 20.1. The third kappa shape index (κ3) is 4.51. The molecule has 2 aromatic heterocycles. The summed E-state index contributed by atoms with van der Waals surface area (Å²) in [6.45, 7) is 5.33. The van der Waals surface area contributed by atoms with E-state index in [1.54, 1.807) is 10.7 Å². The number of aromatic nitrogens is 3. The number of rotatable bonds is 7. The van der Waals surface area contributed by atoms with Crippen molar-refractivity contribution in [2.75, 3.05) is 38.2 Å². The zero-order valence-corrected chi connectivity index (χ0v) is 20.9. The molecule has 186 valence electrons. The number of ether oxygens (including phenoxy) is 2. The third-order valence-electron chi connectivity index (χ3n) is 6.34. The molecule has 0 radical (unpaired) electrons. The summed E-state index contributed by atoms with van der Waals surface area (Å²) in [5, 5.41) is 8.05.